The molecule has 1 amide bonds. The second-order valence-electron chi connectivity index (χ2n) is 6.37. The van der Waals surface area contributed by atoms with E-state index in [1.165, 1.54) is 5.56 Å². The lowest BCUT2D eigenvalue weighted by Crippen LogP contribution is -2.54. The van der Waals surface area contributed by atoms with Crippen LogP contribution in [0.5, 0.6) is 0 Å². The van der Waals surface area contributed by atoms with Crippen molar-refractivity contribution in [3.8, 4) is 0 Å². The quantitative estimate of drug-likeness (QED) is 0.735. The molecule has 2 unspecified atom stereocenters. The van der Waals surface area contributed by atoms with E-state index in [4.69, 9.17) is 9.47 Å². The van der Waals surface area contributed by atoms with E-state index < -0.39 is 0 Å². The van der Waals surface area contributed by atoms with Crippen LogP contribution in [0, 0.1) is 0 Å². The first kappa shape index (κ1) is 23.1. The number of halogens is 2. The highest BCUT2D eigenvalue weighted by molar-refractivity contribution is 5.85. The van der Waals surface area contributed by atoms with Gasteiger partial charge in [0.15, 0.2) is 0 Å². The van der Waals surface area contributed by atoms with Crippen molar-refractivity contribution < 1.29 is 14.3 Å². The zero-order chi connectivity index (χ0) is 16.6. The van der Waals surface area contributed by atoms with E-state index >= 15 is 0 Å². The van der Waals surface area contributed by atoms with Crippen LogP contribution in [0.2, 0.25) is 0 Å². The van der Waals surface area contributed by atoms with Crippen molar-refractivity contribution >= 4 is 30.7 Å². The highest BCUT2D eigenvalue weighted by Crippen LogP contribution is 2.08. The molecule has 2 aliphatic heterocycles. The number of benzene rings is 1. The SMILES string of the molecule is Cl.Cl.O=C(NC(Cc1ccccc1)CN1CCOCC1)C1CNCCO1. The molecule has 1 aromatic rings. The van der Waals surface area contributed by atoms with Crippen molar-refractivity contribution in [3.63, 3.8) is 0 Å². The van der Waals surface area contributed by atoms with Crippen LogP contribution >= 0.6 is 24.8 Å². The van der Waals surface area contributed by atoms with Crippen molar-refractivity contribution in [1.29, 1.82) is 0 Å². The zero-order valence-corrected chi connectivity index (χ0v) is 16.5. The van der Waals surface area contributed by atoms with Gasteiger partial charge in [0.05, 0.1) is 19.8 Å². The van der Waals surface area contributed by atoms with Crippen LogP contribution in [0.25, 0.3) is 0 Å². The predicted octanol–water partition coefficient (Wildman–Crippen LogP) is 0.878. The Labute approximate surface area is 167 Å². The minimum Gasteiger partial charge on any atom is -0.379 e. The largest absolute Gasteiger partial charge is 0.379 e. The van der Waals surface area contributed by atoms with Crippen LogP contribution < -0.4 is 10.6 Å². The van der Waals surface area contributed by atoms with Gasteiger partial charge in [0, 0.05) is 38.8 Å². The van der Waals surface area contributed by atoms with Gasteiger partial charge in [-0.2, -0.15) is 0 Å². The van der Waals surface area contributed by atoms with Crippen molar-refractivity contribution in [2.24, 2.45) is 0 Å². The summed E-state index contributed by atoms with van der Waals surface area (Å²) in [5.41, 5.74) is 1.23. The lowest BCUT2D eigenvalue weighted by Gasteiger charge is -2.32. The van der Waals surface area contributed by atoms with Gasteiger partial charge in [0.1, 0.15) is 6.10 Å². The van der Waals surface area contributed by atoms with Crippen molar-refractivity contribution in [1.82, 2.24) is 15.5 Å². The van der Waals surface area contributed by atoms with E-state index in [0.29, 0.717) is 13.2 Å². The fraction of sp³-hybridized carbons (Fsp3) is 0.611. The molecule has 2 saturated heterocycles. The Kier molecular flexibility index (Phi) is 11.1. The number of nitrogens with zero attached hydrogens (tertiary/aromatic N) is 1. The molecular formula is C18H29Cl2N3O3. The summed E-state index contributed by atoms with van der Waals surface area (Å²) in [6.07, 6.45) is 0.436. The summed E-state index contributed by atoms with van der Waals surface area (Å²) in [6, 6.07) is 10.4. The van der Waals surface area contributed by atoms with Gasteiger partial charge in [0.25, 0.3) is 5.91 Å². The number of ether oxygens (including phenoxy) is 2. The van der Waals surface area contributed by atoms with Gasteiger partial charge < -0.3 is 20.1 Å². The summed E-state index contributed by atoms with van der Waals surface area (Å²) in [5.74, 6) is -0.0172. The van der Waals surface area contributed by atoms with Crippen LogP contribution in [0.15, 0.2) is 30.3 Å². The molecule has 8 heteroatoms. The summed E-state index contributed by atoms with van der Waals surface area (Å²) in [7, 11) is 0. The standard InChI is InChI=1S/C18H27N3O3.2ClH/c22-18(17-13-19-6-9-24-17)20-16(12-15-4-2-1-3-5-15)14-21-7-10-23-11-8-21;;/h1-5,16-17,19H,6-14H2,(H,20,22);2*1H. The Morgan fingerprint density at radius 1 is 1.19 bits per heavy atom. The van der Waals surface area contributed by atoms with Gasteiger partial charge in [-0.25, -0.2) is 0 Å². The highest BCUT2D eigenvalue weighted by atomic mass is 35.5. The van der Waals surface area contributed by atoms with Gasteiger partial charge in [-0.15, -0.1) is 24.8 Å². The molecular weight excluding hydrogens is 377 g/mol. The smallest absolute Gasteiger partial charge is 0.250 e. The number of carbonyl (C=O) groups is 1. The zero-order valence-electron chi connectivity index (χ0n) is 14.9. The molecule has 148 valence electrons. The second kappa shape index (κ2) is 12.5. The maximum atomic E-state index is 12.5. The predicted molar refractivity (Wildman–Crippen MR) is 106 cm³/mol. The summed E-state index contributed by atoms with van der Waals surface area (Å²) < 4.78 is 11.0. The summed E-state index contributed by atoms with van der Waals surface area (Å²) in [6.45, 7) is 6.19. The number of rotatable bonds is 6. The van der Waals surface area contributed by atoms with Crippen LogP contribution in [0.1, 0.15) is 5.56 Å². The molecule has 0 saturated carbocycles. The topological polar surface area (TPSA) is 62.8 Å². The minimum absolute atomic E-state index is 0. The Hall–Kier alpha value is -0.890. The van der Waals surface area contributed by atoms with Gasteiger partial charge >= 0.3 is 0 Å². The molecule has 2 heterocycles. The van der Waals surface area contributed by atoms with E-state index in [1.54, 1.807) is 0 Å². The highest BCUT2D eigenvalue weighted by Gasteiger charge is 2.25. The van der Waals surface area contributed by atoms with E-state index in [1.807, 2.05) is 18.2 Å². The van der Waals surface area contributed by atoms with E-state index in [2.05, 4.69) is 27.7 Å². The van der Waals surface area contributed by atoms with Gasteiger partial charge in [0.2, 0.25) is 0 Å². The molecule has 26 heavy (non-hydrogen) atoms. The third-order valence-electron chi connectivity index (χ3n) is 4.47. The van der Waals surface area contributed by atoms with Gasteiger partial charge in [-0.3, -0.25) is 9.69 Å². The molecule has 6 nitrogen and oxygen atoms in total. The Morgan fingerprint density at radius 2 is 1.92 bits per heavy atom. The molecule has 1 aromatic carbocycles. The number of morpholine rings is 2. The maximum absolute atomic E-state index is 12.5. The first-order chi connectivity index (χ1) is 11.8. The van der Waals surface area contributed by atoms with Crippen molar-refractivity contribution in [3.05, 3.63) is 35.9 Å². The summed E-state index contributed by atoms with van der Waals surface area (Å²) in [4.78, 5) is 14.9. The number of hydrogen-bond donors (Lipinski definition) is 2. The number of nitrogens with one attached hydrogen (secondary N) is 2. The van der Waals surface area contributed by atoms with Crippen LogP contribution in [0.3, 0.4) is 0 Å². The molecule has 0 spiro atoms. The third kappa shape index (κ3) is 7.39. The molecule has 3 rings (SSSR count). The van der Waals surface area contributed by atoms with E-state index in [0.717, 1.165) is 45.8 Å². The molecule has 0 radical (unpaired) electrons. The van der Waals surface area contributed by atoms with Crippen LogP contribution in [-0.4, -0.2) is 75.5 Å². The molecule has 0 bridgehead atoms. The first-order valence-electron chi connectivity index (χ1n) is 8.78. The maximum Gasteiger partial charge on any atom is 0.250 e. The molecule has 0 aromatic heterocycles. The molecule has 2 aliphatic rings. The van der Waals surface area contributed by atoms with Crippen LogP contribution in [0.4, 0.5) is 0 Å². The Morgan fingerprint density at radius 3 is 2.58 bits per heavy atom. The molecule has 2 fully saturated rings. The summed E-state index contributed by atoms with van der Waals surface area (Å²) in [5, 5.41) is 6.40. The van der Waals surface area contributed by atoms with E-state index in [9.17, 15) is 4.79 Å². The van der Waals surface area contributed by atoms with Crippen molar-refractivity contribution in [2.45, 2.75) is 18.6 Å². The number of carbonyl (C=O) groups excluding carboxylic acids is 1. The van der Waals surface area contributed by atoms with Crippen LogP contribution in [-0.2, 0) is 20.7 Å². The molecule has 0 aliphatic carbocycles. The molecule has 2 N–H and O–H groups in total. The van der Waals surface area contributed by atoms with Gasteiger partial charge in [-0.05, 0) is 12.0 Å². The Balaban J connectivity index is 0.00000169. The molecule has 2 atom stereocenters. The summed E-state index contributed by atoms with van der Waals surface area (Å²) >= 11 is 0. The fourth-order valence-corrected chi connectivity index (χ4v) is 3.18. The average molecular weight is 406 g/mol. The minimum atomic E-state index is -0.387. The second-order valence-corrected chi connectivity index (χ2v) is 6.37. The lowest BCUT2D eigenvalue weighted by atomic mass is 10.0. The normalized spacial score (nSPS) is 21.8. The number of amides is 1. The first-order valence-corrected chi connectivity index (χ1v) is 8.78. The average Bonchev–Trinajstić information content (AvgIpc) is 2.64. The van der Waals surface area contributed by atoms with Gasteiger partial charge in [-0.1, -0.05) is 30.3 Å². The Bertz CT molecular complexity index is 510. The van der Waals surface area contributed by atoms with E-state index in [-0.39, 0.29) is 42.9 Å². The van der Waals surface area contributed by atoms with Crippen molar-refractivity contribution in [2.75, 3.05) is 52.5 Å². The number of hydrogen-bond acceptors (Lipinski definition) is 5. The third-order valence-corrected chi connectivity index (χ3v) is 4.47. The monoisotopic (exact) mass is 405 g/mol. The lowest BCUT2D eigenvalue weighted by molar-refractivity contribution is -0.135. The fourth-order valence-electron chi connectivity index (χ4n) is 3.18.